The molecule has 1 N–H and O–H groups in total. The minimum Gasteiger partial charge on any atom is -0.312 e. The van der Waals surface area contributed by atoms with Crippen molar-refractivity contribution in [1.29, 1.82) is 0 Å². The summed E-state index contributed by atoms with van der Waals surface area (Å²) in [5, 5.41) is 3.57. The normalized spacial score (nSPS) is 14.2. The van der Waals surface area contributed by atoms with E-state index in [4.69, 9.17) is 0 Å². The van der Waals surface area contributed by atoms with Crippen molar-refractivity contribution in [2.24, 2.45) is 5.92 Å². The highest BCUT2D eigenvalue weighted by molar-refractivity contribution is 7.99. The monoisotopic (exact) mass is 231 g/mol. The van der Waals surface area contributed by atoms with E-state index in [0.29, 0.717) is 0 Å². The number of hydrogen-bond acceptors (Lipinski definition) is 2. The van der Waals surface area contributed by atoms with E-state index in [0.717, 1.165) is 12.5 Å². The molecule has 0 aliphatic carbocycles. The molecule has 0 radical (unpaired) electrons. The third kappa shape index (κ3) is 12.2. The molecule has 0 bridgehead atoms. The van der Waals surface area contributed by atoms with Crippen LogP contribution in [0.15, 0.2) is 0 Å². The van der Waals surface area contributed by atoms with Gasteiger partial charge in [-0.3, -0.25) is 0 Å². The van der Waals surface area contributed by atoms with Crippen LogP contribution in [0.3, 0.4) is 0 Å². The molecule has 1 atom stereocenters. The first kappa shape index (κ1) is 15.3. The predicted molar refractivity (Wildman–Crippen MR) is 73.8 cm³/mol. The molecule has 0 heterocycles. The van der Waals surface area contributed by atoms with Crippen LogP contribution in [0.1, 0.15) is 53.9 Å². The Bertz CT molecular complexity index is 140. The molecule has 15 heavy (non-hydrogen) atoms. The zero-order valence-corrected chi connectivity index (χ0v) is 12.0. The van der Waals surface area contributed by atoms with Crippen LogP contribution in [0, 0.1) is 5.92 Å². The Morgan fingerprint density at radius 1 is 1.20 bits per heavy atom. The Morgan fingerprint density at radius 2 is 1.87 bits per heavy atom. The van der Waals surface area contributed by atoms with E-state index in [9.17, 15) is 0 Å². The standard InChI is InChI=1S/C13H29NS/c1-6-15-10-8-7-9-12(2)11-14-13(3,4)5/h12,14H,6-11H2,1-5H3. The van der Waals surface area contributed by atoms with E-state index in [2.05, 4.69) is 51.7 Å². The molecule has 1 unspecified atom stereocenters. The fraction of sp³-hybridized carbons (Fsp3) is 1.00. The topological polar surface area (TPSA) is 12.0 Å². The van der Waals surface area contributed by atoms with Crippen molar-refractivity contribution in [2.45, 2.75) is 59.4 Å². The largest absolute Gasteiger partial charge is 0.312 e. The summed E-state index contributed by atoms with van der Waals surface area (Å²) >= 11 is 2.06. The summed E-state index contributed by atoms with van der Waals surface area (Å²) < 4.78 is 0. The maximum atomic E-state index is 3.57. The minimum atomic E-state index is 0.270. The molecule has 1 nitrogen and oxygen atoms in total. The van der Waals surface area contributed by atoms with Gasteiger partial charge in [-0.1, -0.05) is 20.3 Å². The van der Waals surface area contributed by atoms with Crippen molar-refractivity contribution < 1.29 is 0 Å². The number of thioether (sulfide) groups is 1. The third-order valence-electron chi connectivity index (χ3n) is 2.42. The number of nitrogens with one attached hydrogen (secondary N) is 1. The van der Waals surface area contributed by atoms with Gasteiger partial charge in [0.05, 0.1) is 0 Å². The SMILES string of the molecule is CCSCCCCC(C)CNC(C)(C)C. The van der Waals surface area contributed by atoms with Gasteiger partial charge in [0.25, 0.3) is 0 Å². The van der Waals surface area contributed by atoms with Gasteiger partial charge in [-0.15, -0.1) is 0 Å². The lowest BCUT2D eigenvalue weighted by molar-refractivity contribution is 0.368. The third-order valence-corrected chi connectivity index (χ3v) is 3.41. The molecule has 0 saturated heterocycles. The highest BCUT2D eigenvalue weighted by Gasteiger charge is 2.10. The van der Waals surface area contributed by atoms with Gasteiger partial charge in [-0.05, 0) is 57.6 Å². The van der Waals surface area contributed by atoms with Crippen LogP contribution in [-0.2, 0) is 0 Å². The molecule has 0 aromatic carbocycles. The first-order valence-corrected chi connectivity index (χ1v) is 7.44. The first-order chi connectivity index (χ1) is 6.95. The van der Waals surface area contributed by atoms with Gasteiger partial charge in [-0.25, -0.2) is 0 Å². The summed E-state index contributed by atoms with van der Waals surface area (Å²) in [4.78, 5) is 0. The second-order valence-electron chi connectivity index (χ2n) is 5.43. The minimum absolute atomic E-state index is 0.270. The smallest absolute Gasteiger partial charge is 0.00966 e. The molecule has 0 saturated carbocycles. The van der Waals surface area contributed by atoms with Gasteiger partial charge < -0.3 is 5.32 Å². The second-order valence-corrected chi connectivity index (χ2v) is 6.82. The van der Waals surface area contributed by atoms with Gasteiger partial charge in [0, 0.05) is 5.54 Å². The summed E-state index contributed by atoms with van der Waals surface area (Å²) in [5.74, 6) is 3.42. The summed E-state index contributed by atoms with van der Waals surface area (Å²) in [7, 11) is 0. The van der Waals surface area contributed by atoms with Crippen molar-refractivity contribution in [2.75, 3.05) is 18.1 Å². The molecule has 0 rings (SSSR count). The average Bonchev–Trinajstić information content (AvgIpc) is 2.13. The van der Waals surface area contributed by atoms with Gasteiger partial charge in [0.2, 0.25) is 0 Å². The van der Waals surface area contributed by atoms with Crippen LogP contribution in [-0.4, -0.2) is 23.6 Å². The first-order valence-electron chi connectivity index (χ1n) is 6.28. The molecule has 0 aromatic heterocycles. The summed E-state index contributed by atoms with van der Waals surface area (Å²) in [6, 6.07) is 0. The summed E-state index contributed by atoms with van der Waals surface area (Å²) in [5.41, 5.74) is 0.270. The van der Waals surface area contributed by atoms with Gasteiger partial charge in [0.15, 0.2) is 0 Å². The van der Waals surface area contributed by atoms with Crippen LogP contribution < -0.4 is 5.32 Å². The highest BCUT2D eigenvalue weighted by atomic mass is 32.2. The number of unbranched alkanes of at least 4 members (excludes halogenated alkanes) is 1. The van der Waals surface area contributed by atoms with Gasteiger partial charge in [0.1, 0.15) is 0 Å². The highest BCUT2D eigenvalue weighted by Crippen LogP contribution is 2.11. The van der Waals surface area contributed by atoms with E-state index < -0.39 is 0 Å². The maximum Gasteiger partial charge on any atom is 0.00966 e. The molecule has 0 fully saturated rings. The molecule has 0 spiro atoms. The molecule has 0 aliphatic heterocycles. The Labute approximate surface area is 101 Å². The van der Waals surface area contributed by atoms with E-state index in [-0.39, 0.29) is 5.54 Å². The zero-order chi connectivity index (χ0) is 11.7. The number of rotatable bonds is 8. The quantitative estimate of drug-likeness (QED) is 0.635. The second kappa shape index (κ2) is 8.46. The Morgan fingerprint density at radius 3 is 2.40 bits per heavy atom. The van der Waals surface area contributed by atoms with Gasteiger partial charge >= 0.3 is 0 Å². The van der Waals surface area contributed by atoms with Crippen LogP contribution in [0.2, 0.25) is 0 Å². The lowest BCUT2D eigenvalue weighted by Gasteiger charge is -2.23. The molecular formula is C13H29NS. The molecule has 92 valence electrons. The lowest BCUT2D eigenvalue weighted by atomic mass is 10.0. The molecule has 0 aromatic rings. The van der Waals surface area contributed by atoms with Crippen LogP contribution in [0.5, 0.6) is 0 Å². The van der Waals surface area contributed by atoms with Crippen LogP contribution >= 0.6 is 11.8 Å². The van der Waals surface area contributed by atoms with Gasteiger partial charge in [-0.2, -0.15) is 11.8 Å². The molecule has 0 aliphatic rings. The Kier molecular flexibility index (Phi) is 8.64. The van der Waals surface area contributed by atoms with Crippen molar-refractivity contribution in [3.63, 3.8) is 0 Å². The lowest BCUT2D eigenvalue weighted by Crippen LogP contribution is -2.38. The average molecular weight is 231 g/mol. The zero-order valence-electron chi connectivity index (χ0n) is 11.2. The molecule has 0 amide bonds. The van der Waals surface area contributed by atoms with E-state index >= 15 is 0 Å². The van der Waals surface area contributed by atoms with Crippen molar-refractivity contribution in [1.82, 2.24) is 5.32 Å². The van der Waals surface area contributed by atoms with Crippen molar-refractivity contribution >= 4 is 11.8 Å². The van der Waals surface area contributed by atoms with Crippen molar-refractivity contribution in [3.05, 3.63) is 0 Å². The van der Waals surface area contributed by atoms with Crippen LogP contribution in [0.4, 0.5) is 0 Å². The fourth-order valence-electron chi connectivity index (χ4n) is 1.42. The van der Waals surface area contributed by atoms with E-state index in [1.807, 2.05) is 0 Å². The van der Waals surface area contributed by atoms with E-state index in [1.165, 1.54) is 30.8 Å². The predicted octanol–water partition coefficient (Wildman–Crippen LogP) is 3.93. The maximum absolute atomic E-state index is 3.57. The number of hydrogen-bond donors (Lipinski definition) is 1. The fourth-order valence-corrected chi connectivity index (χ4v) is 2.12. The Hall–Kier alpha value is 0.310. The summed E-state index contributed by atoms with van der Waals surface area (Å²) in [6.45, 7) is 12.4. The molecule has 2 heteroatoms. The molecular weight excluding hydrogens is 202 g/mol. The van der Waals surface area contributed by atoms with E-state index in [1.54, 1.807) is 0 Å². The van der Waals surface area contributed by atoms with Crippen LogP contribution in [0.25, 0.3) is 0 Å². The summed E-state index contributed by atoms with van der Waals surface area (Å²) in [6.07, 6.45) is 4.14. The Balaban J connectivity index is 3.30. The van der Waals surface area contributed by atoms with Crippen molar-refractivity contribution in [3.8, 4) is 0 Å².